The molecule has 0 spiro atoms. The zero-order valence-electron chi connectivity index (χ0n) is 15.3. The molecule has 0 amide bonds. The first-order valence-electron chi connectivity index (χ1n) is 8.56. The number of esters is 1. The number of rotatable bonds is 5. The number of hydrogen-bond acceptors (Lipinski definition) is 4. The van der Waals surface area contributed by atoms with E-state index in [2.05, 4.69) is 0 Å². The predicted octanol–water partition coefficient (Wildman–Crippen LogP) is 3.70. The minimum absolute atomic E-state index is 0.105. The first-order chi connectivity index (χ1) is 12.5. The summed E-state index contributed by atoms with van der Waals surface area (Å²) < 4.78 is 70.9. The van der Waals surface area contributed by atoms with Crippen molar-refractivity contribution in [1.29, 1.82) is 0 Å². The second kappa shape index (κ2) is 8.02. The summed E-state index contributed by atoms with van der Waals surface area (Å²) in [5.41, 5.74) is -0.895. The van der Waals surface area contributed by atoms with Crippen LogP contribution < -0.4 is 0 Å². The molecule has 0 aromatic heterocycles. The molecule has 1 aliphatic heterocycles. The van der Waals surface area contributed by atoms with E-state index in [-0.39, 0.29) is 41.6 Å². The Balaban J connectivity index is 2.59. The molecule has 150 valence electrons. The lowest BCUT2D eigenvalue weighted by molar-refractivity contribution is -0.138. The van der Waals surface area contributed by atoms with Gasteiger partial charge >= 0.3 is 12.1 Å². The number of fused-ring (bicyclic) bond motifs is 1. The third-order valence-corrected chi connectivity index (χ3v) is 6.06. The van der Waals surface area contributed by atoms with Gasteiger partial charge in [-0.25, -0.2) is 13.2 Å². The molecule has 1 aromatic rings. The molecule has 0 N–H and O–H groups in total. The topological polar surface area (TPSA) is 63.7 Å². The molecular formula is C18H22F3NO4S. The van der Waals surface area contributed by atoms with Gasteiger partial charge in [0.15, 0.2) is 0 Å². The second-order valence-electron chi connectivity index (χ2n) is 6.65. The molecule has 5 nitrogen and oxygen atoms in total. The maximum Gasteiger partial charge on any atom is 0.416 e. The lowest BCUT2D eigenvalue weighted by Gasteiger charge is -2.31. The van der Waals surface area contributed by atoms with E-state index in [1.54, 1.807) is 6.92 Å². The van der Waals surface area contributed by atoms with Crippen LogP contribution in [0.2, 0.25) is 0 Å². The smallest absolute Gasteiger partial charge is 0.416 e. The normalized spacial score (nSPS) is 18.6. The lowest BCUT2D eigenvalue weighted by atomic mass is 10.0. The third-order valence-electron chi connectivity index (χ3n) is 4.15. The molecule has 2 rings (SSSR count). The van der Waals surface area contributed by atoms with Gasteiger partial charge in [-0.15, -0.1) is 0 Å². The maximum absolute atomic E-state index is 13.1. The molecule has 0 unspecified atom stereocenters. The molecule has 0 aliphatic carbocycles. The summed E-state index contributed by atoms with van der Waals surface area (Å²) in [5.74, 6) is -0.481. The predicted molar refractivity (Wildman–Crippen MR) is 94.3 cm³/mol. The number of carbonyl (C=O) groups is 1. The highest BCUT2D eigenvalue weighted by Gasteiger charge is 2.37. The summed E-state index contributed by atoms with van der Waals surface area (Å²) in [6, 6.07) is 2.47. The average molecular weight is 405 g/mol. The van der Waals surface area contributed by atoms with Crippen molar-refractivity contribution in [3.05, 3.63) is 35.4 Å². The fourth-order valence-corrected chi connectivity index (χ4v) is 4.37. The van der Waals surface area contributed by atoms with Crippen molar-refractivity contribution in [2.45, 2.75) is 38.3 Å². The summed E-state index contributed by atoms with van der Waals surface area (Å²) in [6.45, 7) is 5.62. The number of benzene rings is 1. The fourth-order valence-electron chi connectivity index (χ4n) is 2.73. The van der Waals surface area contributed by atoms with Gasteiger partial charge in [-0.05, 0) is 48.6 Å². The van der Waals surface area contributed by atoms with E-state index in [0.29, 0.717) is 6.42 Å². The van der Waals surface area contributed by atoms with E-state index >= 15 is 0 Å². The molecule has 1 heterocycles. The Kier molecular flexibility index (Phi) is 6.36. The van der Waals surface area contributed by atoms with E-state index in [1.807, 2.05) is 13.8 Å². The summed E-state index contributed by atoms with van der Waals surface area (Å²) in [7, 11) is -3.95. The van der Waals surface area contributed by atoms with Gasteiger partial charge in [0.25, 0.3) is 0 Å². The first kappa shape index (κ1) is 21.4. The zero-order chi connectivity index (χ0) is 20.4. The number of carbonyl (C=O) groups excluding carboxylic acids is 1. The highest BCUT2D eigenvalue weighted by molar-refractivity contribution is 7.89. The van der Waals surface area contributed by atoms with Crippen LogP contribution in [0, 0.1) is 5.92 Å². The Morgan fingerprint density at radius 3 is 2.56 bits per heavy atom. The van der Waals surface area contributed by atoms with Crippen molar-refractivity contribution in [3.8, 4) is 0 Å². The largest absolute Gasteiger partial charge is 0.463 e. The molecular weight excluding hydrogens is 383 g/mol. The van der Waals surface area contributed by atoms with Crippen molar-refractivity contribution in [3.63, 3.8) is 0 Å². The molecule has 9 heteroatoms. The van der Waals surface area contributed by atoms with Gasteiger partial charge < -0.3 is 4.74 Å². The summed E-state index contributed by atoms with van der Waals surface area (Å²) >= 11 is 0. The van der Waals surface area contributed by atoms with Crippen molar-refractivity contribution in [1.82, 2.24) is 4.31 Å². The van der Waals surface area contributed by atoms with Crippen LogP contribution in [0.25, 0.3) is 5.57 Å². The Hall–Kier alpha value is -1.87. The van der Waals surface area contributed by atoms with Crippen LogP contribution in [0.4, 0.5) is 13.2 Å². The SMILES string of the molecule is CCOC(=O)/C=C1\CN(CCC(C)C)S(=O)(=O)c2ccc(C(F)(F)F)cc21. The molecule has 0 atom stereocenters. The Bertz CT molecular complexity index is 845. The van der Waals surface area contributed by atoms with Crippen LogP contribution in [-0.4, -0.2) is 38.4 Å². The second-order valence-corrected chi connectivity index (χ2v) is 8.56. The molecule has 27 heavy (non-hydrogen) atoms. The van der Waals surface area contributed by atoms with Crippen LogP contribution in [0.5, 0.6) is 0 Å². The van der Waals surface area contributed by atoms with Gasteiger partial charge in [0.2, 0.25) is 10.0 Å². The quantitative estimate of drug-likeness (QED) is 0.554. The zero-order valence-corrected chi connectivity index (χ0v) is 16.2. The maximum atomic E-state index is 13.1. The summed E-state index contributed by atoms with van der Waals surface area (Å²) in [4.78, 5) is 11.6. The Labute approximate surface area is 156 Å². The molecule has 0 saturated carbocycles. The average Bonchev–Trinajstić information content (AvgIpc) is 2.55. The molecule has 0 bridgehead atoms. The van der Waals surface area contributed by atoms with E-state index in [9.17, 15) is 26.4 Å². The minimum atomic E-state index is -4.62. The number of sulfonamides is 1. The standard InChI is InChI=1S/C18H22F3NO4S/c1-4-26-17(23)9-13-11-22(8-7-12(2)3)27(24,25)16-6-5-14(10-15(13)16)18(19,20)21/h5-6,9-10,12H,4,7-8,11H2,1-3H3/b13-9+. The van der Waals surface area contributed by atoms with Gasteiger partial charge in [-0.1, -0.05) is 13.8 Å². The van der Waals surface area contributed by atoms with Crippen LogP contribution in [0.3, 0.4) is 0 Å². The highest BCUT2D eigenvalue weighted by atomic mass is 32.2. The van der Waals surface area contributed by atoms with Gasteiger partial charge in [-0.2, -0.15) is 17.5 Å². The van der Waals surface area contributed by atoms with Crippen molar-refractivity contribution in [2.75, 3.05) is 19.7 Å². The first-order valence-corrected chi connectivity index (χ1v) is 10.00. The van der Waals surface area contributed by atoms with E-state index < -0.39 is 27.7 Å². The number of ether oxygens (including phenoxy) is 1. The van der Waals surface area contributed by atoms with Gasteiger partial charge in [0.05, 0.1) is 17.1 Å². The van der Waals surface area contributed by atoms with E-state index in [1.165, 1.54) is 4.31 Å². The molecule has 1 aromatic carbocycles. The lowest BCUT2D eigenvalue weighted by Crippen LogP contribution is -2.38. The van der Waals surface area contributed by atoms with Gasteiger partial charge in [-0.3, -0.25) is 0 Å². The molecule has 0 radical (unpaired) electrons. The van der Waals surface area contributed by atoms with Crippen LogP contribution in [-0.2, 0) is 25.7 Å². The van der Waals surface area contributed by atoms with E-state index in [0.717, 1.165) is 24.3 Å². The van der Waals surface area contributed by atoms with Crippen LogP contribution in [0.15, 0.2) is 29.2 Å². The van der Waals surface area contributed by atoms with Crippen molar-refractivity contribution in [2.24, 2.45) is 5.92 Å². The van der Waals surface area contributed by atoms with Crippen molar-refractivity contribution < 1.29 is 31.1 Å². The molecule has 0 saturated heterocycles. The van der Waals surface area contributed by atoms with Crippen LogP contribution >= 0.6 is 0 Å². The molecule has 0 fully saturated rings. The molecule has 1 aliphatic rings. The van der Waals surface area contributed by atoms with Gasteiger partial charge in [0.1, 0.15) is 0 Å². The van der Waals surface area contributed by atoms with E-state index in [4.69, 9.17) is 4.74 Å². The number of nitrogens with zero attached hydrogens (tertiary/aromatic N) is 1. The van der Waals surface area contributed by atoms with Crippen molar-refractivity contribution >= 4 is 21.6 Å². The number of alkyl halides is 3. The summed E-state index contributed by atoms with van der Waals surface area (Å²) in [6.07, 6.45) is -2.97. The third kappa shape index (κ3) is 4.90. The Morgan fingerprint density at radius 2 is 2.00 bits per heavy atom. The monoisotopic (exact) mass is 405 g/mol. The van der Waals surface area contributed by atoms with Gasteiger partial charge in [0, 0.05) is 19.2 Å². The highest BCUT2D eigenvalue weighted by Crippen LogP contribution is 2.38. The fraction of sp³-hybridized carbons (Fsp3) is 0.500. The summed E-state index contributed by atoms with van der Waals surface area (Å²) in [5, 5.41) is 0. The van der Waals surface area contributed by atoms with Crippen LogP contribution in [0.1, 0.15) is 38.3 Å². The number of hydrogen-bond donors (Lipinski definition) is 0. The Morgan fingerprint density at radius 1 is 1.33 bits per heavy atom. The minimum Gasteiger partial charge on any atom is -0.463 e. The number of halogens is 3.